The summed E-state index contributed by atoms with van der Waals surface area (Å²) in [4.78, 5) is 19.7. The number of aromatic amines is 1. The number of hydrogen-bond donors (Lipinski definition) is 1. The van der Waals surface area contributed by atoms with E-state index in [-0.39, 0.29) is 11.5 Å². The zero-order chi connectivity index (χ0) is 15.8. The number of aromatic nitrogens is 2. The molecular weight excluding hydrogens is 292 g/mol. The number of rotatable bonds is 2. The van der Waals surface area contributed by atoms with Gasteiger partial charge in [0.25, 0.3) is 5.56 Å². The van der Waals surface area contributed by atoms with Crippen molar-refractivity contribution in [2.45, 2.75) is 12.3 Å². The molecular formula is C18H16N2O3. The summed E-state index contributed by atoms with van der Waals surface area (Å²) in [5.41, 5.74) is 1.67. The zero-order valence-electron chi connectivity index (χ0n) is 12.7. The average Bonchev–Trinajstić information content (AvgIpc) is 2.60. The van der Waals surface area contributed by atoms with Crippen LogP contribution in [0.25, 0.3) is 10.9 Å². The van der Waals surface area contributed by atoms with Crippen LogP contribution in [0.2, 0.25) is 0 Å². The first-order valence-corrected chi connectivity index (χ1v) is 7.53. The molecule has 0 aliphatic carbocycles. The van der Waals surface area contributed by atoms with Gasteiger partial charge in [0.05, 0.1) is 30.5 Å². The van der Waals surface area contributed by atoms with Crippen molar-refractivity contribution in [3.05, 3.63) is 64.2 Å². The van der Waals surface area contributed by atoms with Crippen molar-refractivity contribution in [2.24, 2.45) is 0 Å². The number of para-hydroxylation sites is 1. The van der Waals surface area contributed by atoms with Crippen LogP contribution in [0.3, 0.4) is 0 Å². The van der Waals surface area contributed by atoms with E-state index in [0.29, 0.717) is 23.3 Å². The van der Waals surface area contributed by atoms with Crippen LogP contribution >= 0.6 is 0 Å². The second-order valence-electron chi connectivity index (χ2n) is 5.65. The summed E-state index contributed by atoms with van der Waals surface area (Å²) in [7, 11) is 1.64. The molecule has 2 aromatic carbocycles. The summed E-state index contributed by atoms with van der Waals surface area (Å²) < 4.78 is 11.1. The Hall–Kier alpha value is -2.82. The van der Waals surface area contributed by atoms with E-state index in [1.54, 1.807) is 13.2 Å². The molecule has 4 rings (SSSR count). The van der Waals surface area contributed by atoms with Crippen LogP contribution in [0.1, 0.15) is 17.3 Å². The maximum absolute atomic E-state index is 12.2. The summed E-state index contributed by atoms with van der Waals surface area (Å²) >= 11 is 0. The van der Waals surface area contributed by atoms with Gasteiger partial charge in [-0.3, -0.25) is 4.79 Å². The van der Waals surface area contributed by atoms with Gasteiger partial charge < -0.3 is 14.5 Å². The quantitative estimate of drug-likeness (QED) is 0.790. The summed E-state index contributed by atoms with van der Waals surface area (Å²) in [6.07, 6.45) is 0.758. The van der Waals surface area contributed by atoms with Gasteiger partial charge in [-0.25, -0.2) is 4.98 Å². The fourth-order valence-corrected chi connectivity index (χ4v) is 2.97. The predicted molar refractivity (Wildman–Crippen MR) is 87.3 cm³/mol. The van der Waals surface area contributed by atoms with Gasteiger partial charge in [-0.15, -0.1) is 0 Å². The van der Waals surface area contributed by atoms with Crippen molar-refractivity contribution in [1.29, 1.82) is 0 Å². The van der Waals surface area contributed by atoms with Crippen molar-refractivity contribution in [3.8, 4) is 11.5 Å². The van der Waals surface area contributed by atoms with Crippen molar-refractivity contribution >= 4 is 10.9 Å². The van der Waals surface area contributed by atoms with Crippen LogP contribution in [0.5, 0.6) is 11.5 Å². The van der Waals surface area contributed by atoms with Gasteiger partial charge >= 0.3 is 0 Å². The Bertz CT molecular complexity index is 933. The number of H-pyrrole nitrogens is 1. The van der Waals surface area contributed by atoms with Gasteiger partial charge in [-0.1, -0.05) is 12.1 Å². The van der Waals surface area contributed by atoms with Crippen LogP contribution in [0, 0.1) is 0 Å². The molecule has 0 spiro atoms. The highest BCUT2D eigenvalue weighted by Crippen LogP contribution is 2.33. The highest BCUT2D eigenvalue weighted by atomic mass is 16.5. The minimum Gasteiger partial charge on any atom is -0.497 e. The van der Waals surface area contributed by atoms with E-state index in [1.165, 1.54) is 0 Å². The number of nitrogens with zero attached hydrogens (tertiary/aromatic N) is 1. The van der Waals surface area contributed by atoms with E-state index in [2.05, 4.69) is 9.97 Å². The second kappa shape index (κ2) is 5.43. The molecule has 1 atom stereocenters. The van der Waals surface area contributed by atoms with Crippen LogP contribution in [-0.2, 0) is 6.42 Å². The molecule has 0 amide bonds. The van der Waals surface area contributed by atoms with Crippen LogP contribution < -0.4 is 15.0 Å². The Kier molecular flexibility index (Phi) is 3.26. The van der Waals surface area contributed by atoms with Crippen molar-refractivity contribution < 1.29 is 9.47 Å². The summed E-state index contributed by atoms with van der Waals surface area (Å²) in [6, 6.07) is 13.1. The average molecular weight is 308 g/mol. The molecule has 0 fully saturated rings. The first kappa shape index (κ1) is 13.8. The summed E-state index contributed by atoms with van der Waals surface area (Å²) in [5, 5.41) is 0.607. The van der Waals surface area contributed by atoms with Crippen molar-refractivity contribution in [3.63, 3.8) is 0 Å². The number of fused-ring (bicyclic) bond motifs is 2. The molecule has 1 aliphatic heterocycles. The number of benzene rings is 2. The maximum Gasteiger partial charge on any atom is 0.258 e. The largest absolute Gasteiger partial charge is 0.497 e. The minimum absolute atomic E-state index is 0.0203. The molecule has 5 heteroatoms. The maximum atomic E-state index is 12.2. The lowest BCUT2D eigenvalue weighted by Gasteiger charge is -2.25. The highest BCUT2D eigenvalue weighted by molar-refractivity contribution is 5.77. The molecule has 0 saturated carbocycles. The molecule has 1 aliphatic rings. The number of methoxy groups -OCH3 is 1. The Balaban J connectivity index is 1.73. The third-order valence-electron chi connectivity index (χ3n) is 4.19. The number of nitrogens with one attached hydrogen (secondary N) is 1. The minimum atomic E-state index is -0.109. The molecule has 23 heavy (non-hydrogen) atoms. The Morgan fingerprint density at radius 2 is 2.13 bits per heavy atom. The normalized spacial score (nSPS) is 16.7. The summed E-state index contributed by atoms with van der Waals surface area (Å²) in [6.45, 7) is 0.501. The zero-order valence-corrected chi connectivity index (χ0v) is 12.7. The smallest absolute Gasteiger partial charge is 0.258 e. The van der Waals surface area contributed by atoms with Crippen LogP contribution in [-0.4, -0.2) is 23.7 Å². The first-order chi connectivity index (χ1) is 11.2. The van der Waals surface area contributed by atoms with Gasteiger partial charge in [0.1, 0.15) is 17.3 Å². The van der Waals surface area contributed by atoms with E-state index in [0.717, 1.165) is 23.5 Å². The Morgan fingerprint density at radius 1 is 1.26 bits per heavy atom. The van der Waals surface area contributed by atoms with Crippen LogP contribution in [0.4, 0.5) is 0 Å². The molecule has 1 N–H and O–H groups in total. The molecule has 0 bridgehead atoms. The number of hydrogen-bond acceptors (Lipinski definition) is 4. The highest BCUT2D eigenvalue weighted by Gasteiger charge is 2.24. The summed E-state index contributed by atoms with van der Waals surface area (Å²) in [5.74, 6) is 2.35. The van der Waals surface area contributed by atoms with Crippen LogP contribution in [0.15, 0.2) is 47.3 Å². The SMILES string of the molecule is COc1ccc2c(c1)CC(c1nc3ccccc3c(=O)[nH]1)CO2. The molecule has 2 heterocycles. The number of ether oxygens (including phenoxy) is 2. The van der Waals surface area contributed by atoms with E-state index < -0.39 is 0 Å². The lowest BCUT2D eigenvalue weighted by Crippen LogP contribution is -2.24. The molecule has 3 aromatic rings. The van der Waals surface area contributed by atoms with Crippen molar-refractivity contribution in [2.75, 3.05) is 13.7 Å². The van der Waals surface area contributed by atoms with Gasteiger partial charge in [0, 0.05) is 0 Å². The molecule has 0 saturated heterocycles. The fraction of sp³-hybridized carbons (Fsp3) is 0.222. The second-order valence-corrected chi connectivity index (χ2v) is 5.65. The third kappa shape index (κ3) is 2.44. The molecule has 5 nitrogen and oxygen atoms in total. The van der Waals surface area contributed by atoms with Gasteiger partial charge in [0.15, 0.2) is 0 Å². The third-order valence-corrected chi connectivity index (χ3v) is 4.19. The Morgan fingerprint density at radius 3 is 3.00 bits per heavy atom. The Labute approximate surface area is 132 Å². The lowest BCUT2D eigenvalue weighted by molar-refractivity contribution is 0.257. The topological polar surface area (TPSA) is 64.2 Å². The van der Waals surface area contributed by atoms with Gasteiger partial charge in [-0.2, -0.15) is 0 Å². The van der Waals surface area contributed by atoms with E-state index in [1.807, 2.05) is 36.4 Å². The standard InChI is InChI=1S/C18H16N2O3/c1-22-13-6-7-16-11(9-13)8-12(10-23-16)17-19-15-5-3-2-4-14(15)18(21)20-17/h2-7,9,12H,8,10H2,1H3,(H,19,20,21). The molecule has 116 valence electrons. The van der Waals surface area contributed by atoms with E-state index in [4.69, 9.17) is 9.47 Å². The van der Waals surface area contributed by atoms with E-state index >= 15 is 0 Å². The molecule has 1 aromatic heterocycles. The molecule has 1 unspecified atom stereocenters. The predicted octanol–water partition coefficient (Wildman–Crippen LogP) is 2.65. The van der Waals surface area contributed by atoms with Gasteiger partial charge in [-0.05, 0) is 42.3 Å². The van der Waals surface area contributed by atoms with Crippen molar-refractivity contribution in [1.82, 2.24) is 9.97 Å². The monoisotopic (exact) mass is 308 g/mol. The van der Waals surface area contributed by atoms with Gasteiger partial charge in [0.2, 0.25) is 0 Å². The van der Waals surface area contributed by atoms with E-state index in [9.17, 15) is 4.79 Å². The fourth-order valence-electron chi connectivity index (χ4n) is 2.97. The molecule has 0 radical (unpaired) electrons. The first-order valence-electron chi connectivity index (χ1n) is 7.53. The lowest BCUT2D eigenvalue weighted by atomic mass is 9.95.